The topological polar surface area (TPSA) is 32.3 Å². The van der Waals surface area contributed by atoms with Crippen molar-refractivity contribution in [1.29, 1.82) is 0 Å². The molecule has 1 aliphatic rings. The van der Waals surface area contributed by atoms with Crippen molar-refractivity contribution in [2.45, 2.75) is 37.0 Å². The van der Waals surface area contributed by atoms with Gasteiger partial charge in [-0.1, -0.05) is 25.1 Å². The minimum Gasteiger partial charge on any atom is -0.508 e. The molecule has 1 aromatic carbocycles. The van der Waals surface area contributed by atoms with Crippen molar-refractivity contribution in [3.05, 3.63) is 29.8 Å². The highest BCUT2D eigenvalue weighted by molar-refractivity contribution is 8.00. The van der Waals surface area contributed by atoms with E-state index in [1.165, 1.54) is 12.8 Å². The molecule has 2 rings (SSSR count). The summed E-state index contributed by atoms with van der Waals surface area (Å²) in [5.41, 5.74) is 1.02. The van der Waals surface area contributed by atoms with E-state index in [2.05, 4.69) is 18.5 Å². The normalized spacial score (nSPS) is 18.9. The Morgan fingerprint density at radius 3 is 2.65 bits per heavy atom. The molecule has 1 fully saturated rings. The molecule has 0 amide bonds. The lowest BCUT2D eigenvalue weighted by Gasteiger charge is -2.21. The number of thioether (sulfide) groups is 1. The van der Waals surface area contributed by atoms with E-state index in [1.807, 2.05) is 30.0 Å². The van der Waals surface area contributed by atoms with Crippen LogP contribution in [0.25, 0.3) is 0 Å². The largest absolute Gasteiger partial charge is 0.508 e. The summed E-state index contributed by atoms with van der Waals surface area (Å²) < 4.78 is 0.470. The number of benzene rings is 1. The summed E-state index contributed by atoms with van der Waals surface area (Å²) in [7, 11) is 0. The Labute approximate surface area is 108 Å². The molecule has 17 heavy (non-hydrogen) atoms. The lowest BCUT2D eigenvalue weighted by Crippen LogP contribution is -2.29. The first-order chi connectivity index (χ1) is 8.21. The van der Waals surface area contributed by atoms with Crippen LogP contribution in [0.1, 0.15) is 37.8 Å². The molecule has 0 bridgehead atoms. The number of phenols is 1. The molecule has 0 heterocycles. The Balaban J connectivity index is 1.99. The average Bonchev–Trinajstić information content (AvgIpc) is 3.13. The predicted molar refractivity (Wildman–Crippen MR) is 74.6 cm³/mol. The fourth-order valence-corrected chi connectivity index (χ4v) is 2.90. The number of hydrogen-bond acceptors (Lipinski definition) is 3. The van der Waals surface area contributed by atoms with Gasteiger partial charge in [0.2, 0.25) is 0 Å². The molecule has 2 N–H and O–H groups in total. The van der Waals surface area contributed by atoms with Crippen LogP contribution in [0.4, 0.5) is 0 Å². The van der Waals surface area contributed by atoms with Crippen molar-refractivity contribution in [2.24, 2.45) is 0 Å². The van der Waals surface area contributed by atoms with E-state index in [-0.39, 0.29) is 6.04 Å². The molecule has 1 aliphatic carbocycles. The van der Waals surface area contributed by atoms with Crippen molar-refractivity contribution in [1.82, 2.24) is 5.32 Å². The Morgan fingerprint density at radius 1 is 1.41 bits per heavy atom. The van der Waals surface area contributed by atoms with E-state index in [0.29, 0.717) is 10.5 Å². The van der Waals surface area contributed by atoms with Crippen LogP contribution in [0.3, 0.4) is 0 Å². The maximum atomic E-state index is 9.87. The number of para-hydroxylation sites is 1. The molecule has 0 aromatic heterocycles. The lowest BCUT2D eigenvalue weighted by atomic mass is 10.0. The summed E-state index contributed by atoms with van der Waals surface area (Å²) in [5, 5.41) is 13.5. The second kappa shape index (κ2) is 5.32. The van der Waals surface area contributed by atoms with Crippen LogP contribution in [0.15, 0.2) is 24.3 Å². The van der Waals surface area contributed by atoms with Gasteiger partial charge in [-0.2, -0.15) is 11.8 Å². The molecule has 1 atom stereocenters. The smallest absolute Gasteiger partial charge is 0.120 e. The number of aromatic hydroxyl groups is 1. The molecule has 1 unspecified atom stereocenters. The van der Waals surface area contributed by atoms with Crippen LogP contribution in [0, 0.1) is 0 Å². The summed E-state index contributed by atoms with van der Waals surface area (Å²) in [5.74, 6) is 0.404. The number of phenolic OH excluding ortho intramolecular Hbond substituents is 1. The van der Waals surface area contributed by atoms with Crippen LogP contribution in [0.5, 0.6) is 5.75 Å². The van der Waals surface area contributed by atoms with Crippen LogP contribution >= 0.6 is 11.8 Å². The van der Waals surface area contributed by atoms with Crippen molar-refractivity contribution in [3.63, 3.8) is 0 Å². The second-order valence-electron chi connectivity index (χ2n) is 4.79. The molecular formula is C14H21NOS. The number of rotatable bonds is 6. The minimum atomic E-state index is 0.265. The fourth-order valence-electron chi connectivity index (χ4n) is 2.16. The molecule has 0 aliphatic heterocycles. The fraction of sp³-hybridized carbons (Fsp3) is 0.571. The zero-order valence-electron chi connectivity index (χ0n) is 10.6. The average molecular weight is 251 g/mol. The summed E-state index contributed by atoms with van der Waals surface area (Å²) in [6.07, 6.45) is 5.83. The van der Waals surface area contributed by atoms with Gasteiger partial charge in [0.1, 0.15) is 5.75 Å². The van der Waals surface area contributed by atoms with Gasteiger partial charge in [0.15, 0.2) is 0 Å². The quantitative estimate of drug-likeness (QED) is 0.813. The molecular weight excluding hydrogens is 230 g/mol. The van der Waals surface area contributed by atoms with Crippen LogP contribution in [-0.2, 0) is 0 Å². The highest BCUT2D eigenvalue weighted by Gasteiger charge is 2.41. The maximum Gasteiger partial charge on any atom is 0.120 e. The van der Waals surface area contributed by atoms with Crippen LogP contribution < -0.4 is 5.32 Å². The molecule has 2 nitrogen and oxygen atoms in total. The van der Waals surface area contributed by atoms with Gasteiger partial charge < -0.3 is 10.4 Å². The van der Waals surface area contributed by atoms with E-state index in [1.54, 1.807) is 6.07 Å². The first kappa shape index (κ1) is 12.8. The van der Waals surface area contributed by atoms with Gasteiger partial charge in [0, 0.05) is 22.9 Å². The third-order valence-electron chi connectivity index (χ3n) is 3.63. The minimum absolute atomic E-state index is 0.265. The van der Waals surface area contributed by atoms with E-state index in [4.69, 9.17) is 0 Å². The Kier molecular flexibility index (Phi) is 4.00. The SMILES string of the molecule is CCC(NCC1(SC)CC1)c1ccccc1O. The van der Waals surface area contributed by atoms with E-state index >= 15 is 0 Å². The van der Waals surface area contributed by atoms with Crippen molar-refractivity contribution in [2.75, 3.05) is 12.8 Å². The van der Waals surface area contributed by atoms with Crippen molar-refractivity contribution in [3.8, 4) is 5.75 Å². The highest BCUT2D eigenvalue weighted by atomic mass is 32.2. The van der Waals surface area contributed by atoms with Gasteiger partial charge >= 0.3 is 0 Å². The van der Waals surface area contributed by atoms with Crippen LogP contribution in [0.2, 0.25) is 0 Å². The first-order valence-electron chi connectivity index (χ1n) is 6.27. The summed E-state index contributed by atoms with van der Waals surface area (Å²) in [6, 6.07) is 7.90. The number of hydrogen-bond donors (Lipinski definition) is 2. The van der Waals surface area contributed by atoms with Crippen molar-refractivity contribution < 1.29 is 5.11 Å². The van der Waals surface area contributed by atoms with Gasteiger partial charge in [-0.25, -0.2) is 0 Å². The summed E-state index contributed by atoms with van der Waals surface area (Å²) in [4.78, 5) is 0. The van der Waals surface area contributed by atoms with Gasteiger partial charge in [-0.15, -0.1) is 0 Å². The second-order valence-corrected chi connectivity index (χ2v) is 6.06. The summed E-state index contributed by atoms with van der Waals surface area (Å²) >= 11 is 1.97. The Morgan fingerprint density at radius 2 is 2.12 bits per heavy atom. The van der Waals surface area contributed by atoms with Gasteiger partial charge in [-0.3, -0.25) is 0 Å². The highest BCUT2D eigenvalue weighted by Crippen LogP contribution is 2.46. The maximum absolute atomic E-state index is 9.87. The lowest BCUT2D eigenvalue weighted by molar-refractivity contribution is 0.440. The molecule has 0 spiro atoms. The Bertz CT molecular complexity index is 376. The molecule has 0 radical (unpaired) electrons. The van der Waals surface area contributed by atoms with Gasteiger partial charge in [-0.05, 0) is 31.6 Å². The van der Waals surface area contributed by atoms with Gasteiger partial charge in [0.05, 0.1) is 0 Å². The van der Waals surface area contributed by atoms with E-state index in [9.17, 15) is 5.11 Å². The third kappa shape index (κ3) is 2.96. The first-order valence-corrected chi connectivity index (χ1v) is 7.49. The third-order valence-corrected chi connectivity index (χ3v) is 5.05. The molecule has 1 saturated carbocycles. The predicted octanol–water partition coefficient (Wildman–Crippen LogP) is 3.33. The van der Waals surface area contributed by atoms with E-state index < -0.39 is 0 Å². The zero-order chi connectivity index (χ0) is 12.3. The van der Waals surface area contributed by atoms with Crippen molar-refractivity contribution >= 4 is 11.8 Å². The molecule has 1 aromatic rings. The molecule has 0 saturated heterocycles. The van der Waals surface area contributed by atoms with E-state index in [0.717, 1.165) is 18.5 Å². The van der Waals surface area contributed by atoms with Crippen LogP contribution in [-0.4, -0.2) is 22.7 Å². The standard InChI is InChI=1S/C14H21NOS/c1-3-12(11-6-4-5-7-13(11)16)15-10-14(17-2)8-9-14/h4-7,12,15-16H,3,8-10H2,1-2H3. The Hall–Kier alpha value is -0.670. The van der Waals surface area contributed by atoms with Gasteiger partial charge in [0.25, 0.3) is 0 Å². The monoisotopic (exact) mass is 251 g/mol. The number of nitrogens with one attached hydrogen (secondary N) is 1. The molecule has 94 valence electrons. The summed E-state index contributed by atoms with van der Waals surface area (Å²) in [6.45, 7) is 3.20. The zero-order valence-corrected chi connectivity index (χ0v) is 11.4. The molecule has 3 heteroatoms.